The standard InChI is InChI=1S/C21H26ClN3O2/c22-19-7-8-20(27-16-17-5-4-9-23-14-17)18(13-19)15-24-10-12-25-11-3-1-2-6-21(25)26/h4-5,7-9,13-14,24H,1-3,6,10-12,15-16H2. The second-order valence-corrected chi connectivity index (χ2v) is 7.21. The van der Waals surface area contributed by atoms with Crippen LogP contribution in [0, 0.1) is 0 Å². The molecule has 0 spiro atoms. The van der Waals surface area contributed by atoms with E-state index >= 15 is 0 Å². The summed E-state index contributed by atoms with van der Waals surface area (Å²) in [7, 11) is 0. The summed E-state index contributed by atoms with van der Waals surface area (Å²) in [4.78, 5) is 18.1. The van der Waals surface area contributed by atoms with Crippen molar-refractivity contribution in [1.82, 2.24) is 15.2 Å². The van der Waals surface area contributed by atoms with Crippen molar-refractivity contribution in [2.45, 2.75) is 38.8 Å². The highest BCUT2D eigenvalue weighted by atomic mass is 35.5. The molecule has 0 unspecified atom stereocenters. The van der Waals surface area contributed by atoms with E-state index in [4.69, 9.17) is 16.3 Å². The number of hydrogen-bond donors (Lipinski definition) is 1. The zero-order valence-corrected chi connectivity index (χ0v) is 16.3. The van der Waals surface area contributed by atoms with E-state index in [1.165, 1.54) is 0 Å². The highest BCUT2D eigenvalue weighted by Gasteiger charge is 2.15. The van der Waals surface area contributed by atoms with Crippen LogP contribution >= 0.6 is 11.6 Å². The number of rotatable bonds is 8. The number of hydrogen-bond acceptors (Lipinski definition) is 4. The van der Waals surface area contributed by atoms with Crippen LogP contribution in [0.15, 0.2) is 42.7 Å². The van der Waals surface area contributed by atoms with Crippen LogP contribution in [0.5, 0.6) is 5.75 Å². The fourth-order valence-electron chi connectivity index (χ4n) is 3.18. The third kappa shape index (κ3) is 6.22. The number of aromatic nitrogens is 1. The predicted molar refractivity (Wildman–Crippen MR) is 107 cm³/mol. The van der Waals surface area contributed by atoms with E-state index in [9.17, 15) is 4.79 Å². The lowest BCUT2D eigenvalue weighted by Crippen LogP contribution is -2.36. The molecule has 1 N–H and O–H groups in total. The van der Waals surface area contributed by atoms with Gasteiger partial charge in [0.15, 0.2) is 0 Å². The van der Waals surface area contributed by atoms with E-state index in [0.29, 0.717) is 24.6 Å². The molecule has 5 nitrogen and oxygen atoms in total. The molecule has 1 aromatic carbocycles. The fourth-order valence-corrected chi connectivity index (χ4v) is 3.38. The Labute approximate surface area is 165 Å². The molecule has 0 bridgehead atoms. The summed E-state index contributed by atoms with van der Waals surface area (Å²) >= 11 is 6.16. The Bertz CT molecular complexity index is 739. The first-order valence-corrected chi connectivity index (χ1v) is 9.89. The maximum atomic E-state index is 12.1. The molecule has 144 valence electrons. The number of nitrogens with one attached hydrogen (secondary N) is 1. The van der Waals surface area contributed by atoms with Crippen molar-refractivity contribution >= 4 is 17.5 Å². The van der Waals surface area contributed by atoms with Crippen LogP contribution in [-0.4, -0.2) is 35.4 Å². The van der Waals surface area contributed by atoms with Crippen molar-refractivity contribution in [2.75, 3.05) is 19.6 Å². The van der Waals surface area contributed by atoms with E-state index in [1.54, 1.807) is 12.4 Å². The van der Waals surface area contributed by atoms with Crippen LogP contribution in [0.2, 0.25) is 5.02 Å². The summed E-state index contributed by atoms with van der Waals surface area (Å²) in [6.07, 6.45) is 7.49. The molecule has 0 saturated carbocycles. The predicted octanol–water partition coefficient (Wildman–Crippen LogP) is 3.81. The van der Waals surface area contributed by atoms with Crippen molar-refractivity contribution in [3.05, 3.63) is 58.9 Å². The van der Waals surface area contributed by atoms with Crippen LogP contribution < -0.4 is 10.1 Å². The van der Waals surface area contributed by atoms with Gasteiger partial charge in [-0.3, -0.25) is 9.78 Å². The number of pyridine rings is 1. The number of halogens is 1. The van der Waals surface area contributed by atoms with E-state index in [0.717, 1.165) is 55.8 Å². The Kier molecular flexibility index (Phi) is 7.48. The minimum absolute atomic E-state index is 0.276. The number of nitrogens with zero attached hydrogens (tertiary/aromatic N) is 2. The summed E-state index contributed by atoms with van der Waals surface area (Å²) in [5.41, 5.74) is 2.03. The molecule has 1 aliphatic rings. The number of carbonyl (C=O) groups excluding carboxylic acids is 1. The SMILES string of the molecule is O=C1CCCCCN1CCNCc1cc(Cl)ccc1OCc1cccnc1. The lowest BCUT2D eigenvalue weighted by atomic mass is 10.2. The van der Waals surface area contributed by atoms with Gasteiger partial charge in [-0.15, -0.1) is 0 Å². The van der Waals surface area contributed by atoms with Crippen LogP contribution in [-0.2, 0) is 17.9 Å². The molecular weight excluding hydrogens is 362 g/mol. The number of ether oxygens (including phenoxy) is 1. The minimum Gasteiger partial charge on any atom is -0.489 e. The minimum atomic E-state index is 0.276. The molecule has 1 aromatic heterocycles. The third-order valence-electron chi connectivity index (χ3n) is 4.68. The normalized spacial score (nSPS) is 14.9. The van der Waals surface area contributed by atoms with E-state index < -0.39 is 0 Å². The zero-order valence-electron chi connectivity index (χ0n) is 15.5. The van der Waals surface area contributed by atoms with Gasteiger partial charge in [0, 0.05) is 61.1 Å². The smallest absolute Gasteiger partial charge is 0.222 e. The first-order chi connectivity index (χ1) is 13.2. The second kappa shape index (κ2) is 10.3. The van der Waals surface area contributed by atoms with Crippen LogP contribution in [0.1, 0.15) is 36.8 Å². The molecule has 1 fully saturated rings. The lowest BCUT2D eigenvalue weighted by Gasteiger charge is -2.21. The zero-order chi connectivity index (χ0) is 18.9. The van der Waals surface area contributed by atoms with E-state index in [2.05, 4.69) is 10.3 Å². The van der Waals surface area contributed by atoms with Gasteiger partial charge in [0.05, 0.1) is 0 Å². The van der Waals surface area contributed by atoms with Gasteiger partial charge in [-0.1, -0.05) is 24.1 Å². The average Bonchev–Trinajstić information content (AvgIpc) is 2.89. The second-order valence-electron chi connectivity index (χ2n) is 6.77. The van der Waals surface area contributed by atoms with E-state index in [-0.39, 0.29) is 5.91 Å². The number of benzene rings is 1. The molecule has 0 radical (unpaired) electrons. The summed E-state index contributed by atoms with van der Waals surface area (Å²) in [6.45, 7) is 3.47. The molecule has 3 rings (SSSR count). The first-order valence-electron chi connectivity index (χ1n) is 9.51. The maximum absolute atomic E-state index is 12.1. The van der Waals surface area contributed by atoms with Crippen LogP contribution in [0.4, 0.5) is 0 Å². The molecule has 0 atom stereocenters. The lowest BCUT2D eigenvalue weighted by molar-refractivity contribution is -0.130. The molecule has 1 aliphatic heterocycles. The van der Waals surface area contributed by atoms with Crippen molar-refractivity contribution in [1.29, 1.82) is 0 Å². The average molecular weight is 388 g/mol. The van der Waals surface area contributed by atoms with Gasteiger partial charge in [0.2, 0.25) is 5.91 Å². The van der Waals surface area contributed by atoms with Gasteiger partial charge in [0.25, 0.3) is 0 Å². The highest BCUT2D eigenvalue weighted by molar-refractivity contribution is 6.30. The van der Waals surface area contributed by atoms with Gasteiger partial charge >= 0.3 is 0 Å². The van der Waals surface area contributed by atoms with Crippen molar-refractivity contribution in [3.8, 4) is 5.75 Å². The Balaban J connectivity index is 1.51. The van der Waals surface area contributed by atoms with Gasteiger partial charge in [-0.25, -0.2) is 0 Å². The Morgan fingerprint density at radius 3 is 3.00 bits per heavy atom. The summed E-state index contributed by atoms with van der Waals surface area (Å²) in [5, 5.41) is 4.09. The van der Waals surface area contributed by atoms with Crippen molar-refractivity contribution < 1.29 is 9.53 Å². The molecule has 2 heterocycles. The topological polar surface area (TPSA) is 54.5 Å². The van der Waals surface area contributed by atoms with Crippen LogP contribution in [0.3, 0.4) is 0 Å². The molecule has 27 heavy (non-hydrogen) atoms. The molecular formula is C21H26ClN3O2. The van der Waals surface area contributed by atoms with Gasteiger partial charge in [-0.2, -0.15) is 0 Å². The van der Waals surface area contributed by atoms with Crippen molar-refractivity contribution in [3.63, 3.8) is 0 Å². The summed E-state index contributed by atoms with van der Waals surface area (Å²) in [6, 6.07) is 9.53. The largest absolute Gasteiger partial charge is 0.489 e. The Hall–Kier alpha value is -2.11. The molecule has 0 aliphatic carbocycles. The number of carbonyl (C=O) groups is 1. The molecule has 6 heteroatoms. The van der Waals surface area contributed by atoms with Crippen molar-refractivity contribution in [2.24, 2.45) is 0 Å². The molecule has 1 amide bonds. The van der Waals surface area contributed by atoms with Gasteiger partial charge in [0.1, 0.15) is 12.4 Å². The first kappa shape index (κ1) is 19.6. The Morgan fingerprint density at radius 1 is 1.22 bits per heavy atom. The third-order valence-corrected chi connectivity index (χ3v) is 4.92. The molecule has 2 aromatic rings. The Morgan fingerprint density at radius 2 is 2.15 bits per heavy atom. The fraction of sp³-hybridized carbons (Fsp3) is 0.429. The van der Waals surface area contributed by atoms with Gasteiger partial charge in [-0.05, 0) is 37.1 Å². The number of amides is 1. The quantitative estimate of drug-likeness (QED) is 0.700. The van der Waals surface area contributed by atoms with Gasteiger partial charge < -0.3 is 15.0 Å². The maximum Gasteiger partial charge on any atom is 0.222 e. The highest BCUT2D eigenvalue weighted by Crippen LogP contribution is 2.23. The monoisotopic (exact) mass is 387 g/mol. The summed E-state index contributed by atoms with van der Waals surface area (Å²) < 4.78 is 5.96. The van der Waals surface area contributed by atoms with E-state index in [1.807, 2.05) is 35.2 Å². The van der Waals surface area contributed by atoms with Crippen LogP contribution in [0.25, 0.3) is 0 Å². The molecule has 1 saturated heterocycles. The summed E-state index contributed by atoms with van der Waals surface area (Å²) in [5.74, 6) is 1.08. The number of likely N-dealkylation sites (tertiary alicyclic amines) is 1.